The molecule has 2 aromatic rings. The summed E-state index contributed by atoms with van der Waals surface area (Å²) in [4.78, 5) is 31.2. The van der Waals surface area contributed by atoms with Crippen LogP contribution in [-0.2, 0) is 16.1 Å². The third-order valence-corrected chi connectivity index (χ3v) is 5.12. The molecule has 3 heterocycles. The number of ether oxygens (including phenoxy) is 1. The fourth-order valence-corrected chi connectivity index (χ4v) is 3.56. The zero-order chi connectivity index (χ0) is 19.3. The quantitative estimate of drug-likeness (QED) is 0.831. The van der Waals surface area contributed by atoms with Crippen molar-refractivity contribution in [1.29, 1.82) is 0 Å². The second-order valence-corrected chi connectivity index (χ2v) is 7.20. The minimum absolute atomic E-state index is 0.0462. The van der Waals surface area contributed by atoms with Crippen LogP contribution in [0.2, 0.25) is 0 Å². The van der Waals surface area contributed by atoms with Gasteiger partial charge in [0.1, 0.15) is 0 Å². The predicted octanol–water partition coefficient (Wildman–Crippen LogP) is 2.20. The fourth-order valence-electron chi connectivity index (χ4n) is 3.56. The van der Waals surface area contributed by atoms with E-state index < -0.39 is 0 Å². The zero-order valence-electron chi connectivity index (χ0n) is 15.7. The summed E-state index contributed by atoms with van der Waals surface area (Å²) in [6, 6.07) is 11.5. The summed E-state index contributed by atoms with van der Waals surface area (Å²) in [6.45, 7) is 2.71. The van der Waals surface area contributed by atoms with Crippen molar-refractivity contribution in [3.63, 3.8) is 0 Å². The Morgan fingerprint density at radius 2 is 2.18 bits per heavy atom. The number of nitrogens with one attached hydrogen (secondary N) is 2. The van der Waals surface area contributed by atoms with Crippen LogP contribution in [0, 0.1) is 5.92 Å². The molecule has 0 aliphatic carbocycles. The molecule has 146 valence electrons. The van der Waals surface area contributed by atoms with Gasteiger partial charge in [0.25, 0.3) is 5.91 Å². The molecule has 2 aliphatic heterocycles. The molecular weight excluding hydrogens is 356 g/mol. The lowest BCUT2D eigenvalue weighted by atomic mass is 10.0. The smallest absolute Gasteiger partial charge is 0.252 e. The van der Waals surface area contributed by atoms with E-state index in [0.29, 0.717) is 42.7 Å². The number of amides is 2. The average Bonchev–Trinajstić information content (AvgIpc) is 2.75. The van der Waals surface area contributed by atoms with Gasteiger partial charge in [0.15, 0.2) is 5.82 Å². The Morgan fingerprint density at radius 3 is 2.96 bits per heavy atom. The van der Waals surface area contributed by atoms with Gasteiger partial charge in [0.05, 0.1) is 30.9 Å². The van der Waals surface area contributed by atoms with E-state index in [9.17, 15) is 9.59 Å². The lowest BCUT2D eigenvalue weighted by Crippen LogP contribution is -2.40. The molecule has 7 heteroatoms. The van der Waals surface area contributed by atoms with E-state index in [1.54, 1.807) is 17.2 Å². The first-order chi connectivity index (χ1) is 13.7. The molecule has 0 saturated carbocycles. The third kappa shape index (κ3) is 4.14. The Labute approximate surface area is 164 Å². The highest BCUT2D eigenvalue weighted by Gasteiger charge is 2.26. The molecule has 28 heavy (non-hydrogen) atoms. The van der Waals surface area contributed by atoms with Gasteiger partial charge in [0.2, 0.25) is 5.91 Å². The Kier molecular flexibility index (Phi) is 5.53. The van der Waals surface area contributed by atoms with Gasteiger partial charge in [0, 0.05) is 19.3 Å². The van der Waals surface area contributed by atoms with Crippen molar-refractivity contribution >= 4 is 23.3 Å². The first kappa shape index (κ1) is 18.4. The number of anilines is 2. The van der Waals surface area contributed by atoms with Gasteiger partial charge in [-0.3, -0.25) is 9.59 Å². The van der Waals surface area contributed by atoms with Gasteiger partial charge in [-0.05, 0) is 30.4 Å². The van der Waals surface area contributed by atoms with Gasteiger partial charge in [-0.25, -0.2) is 4.98 Å². The summed E-state index contributed by atoms with van der Waals surface area (Å²) in [7, 11) is 0. The molecule has 1 aromatic heterocycles. The summed E-state index contributed by atoms with van der Waals surface area (Å²) in [6.07, 6.45) is 3.64. The number of carbonyl (C=O) groups is 2. The van der Waals surface area contributed by atoms with E-state index in [4.69, 9.17) is 4.74 Å². The maximum Gasteiger partial charge on any atom is 0.252 e. The van der Waals surface area contributed by atoms with Gasteiger partial charge in [-0.2, -0.15) is 0 Å². The van der Waals surface area contributed by atoms with Gasteiger partial charge in [-0.15, -0.1) is 0 Å². The number of pyridine rings is 1. The van der Waals surface area contributed by atoms with Crippen LogP contribution in [0.1, 0.15) is 28.8 Å². The summed E-state index contributed by atoms with van der Waals surface area (Å²) in [5, 5.41) is 6.00. The Balaban J connectivity index is 1.50. The van der Waals surface area contributed by atoms with Crippen LogP contribution < -0.4 is 15.5 Å². The normalized spacial score (nSPS) is 18.9. The third-order valence-electron chi connectivity index (χ3n) is 5.12. The molecule has 7 nitrogen and oxygen atoms in total. The molecule has 1 saturated heterocycles. The largest absolute Gasteiger partial charge is 0.381 e. The number of hydrogen-bond acceptors (Lipinski definition) is 5. The number of aromatic nitrogens is 1. The standard InChI is InChI=1S/C21H24N4O3/c26-19-12-23-20-18(25(19)13-15-5-2-1-3-6-15)9-17(11-22-20)21(27)24-10-16-7-4-8-28-14-16/h1-3,5-6,9,11,16H,4,7-8,10,12-14H2,(H,22,23)(H,24,27). The van der Waals surface area contributed by atoms with Gasteiger partial charge >= 0.3 is 0 Å². The van der Waals surface area contributed by atoms with Crippen molar-refractivity contribution in [3.8, 4) is 0 Å². The SMILES string of the molecule is O=C(NCC1CCCOC1)c1cnc2c(c1)N(Cc1ccccc1)C(=O)CN2. The fraction of sp³-hybridized carbons (Fsp3) is 0.381. The van der Waals surface area contributed by atoms with Crippen LogP contribution in [-0.4, -0.2) is 43.1 Å². The van der Waals surface area contributed by atoms with Gasteiger partial charge < -0.3 is 20.3 Å². The Morgan fingerprint density at radius 1 is 1.32 bits per heavy atom. The highest BCUT2D eigenvalue weighted by molar-refractivity contribution is 6.04. The molecule has 2 aliphatic rings. The molecule has 2 amide bonds. The molecule has 1 atom stereocenters. The monoisotopic (exact) mass is 380 g/mol. The second-order valence-electron chi connectivity index (χ2n) is 7.20. The highest BCUT2D eigenvalue weighted by Crippen LogP contribution is 2.29. The van der Waals surface area contributed by atoms with Crippen LogP contribution in [0.4, 0.5) is 11.5 Å². The van der Waals surface area contributed by atoms with Crippen LogP contribution in [0.3, 0.4) is 0 Å². The van der Waals surface area contributed by atoms with Crippen molar-refractivity contribution in [2.45, 2.75) is 19.4 Å². The predicted molar refractivity (Wildman–Crippen MR) is 106 cm³/mol. The lowest BCUT2D eigenvalue weighted by molar-refractivity contribution is -0.117. The minimum Gasteiger partial charge on any atom is -0.381 e. The first-order valence-electron chi connectivity index (χ1n) is 9.65. The Hall–Kier alpha value is -2.93. The average molecular weight is 380 g/mol. The van der Waals surface area contributed by atoms with Crippen molar-refractivity contribution in [1.82, 2.24) is 10.3 Å². The number of rotatable bonds is 5. The first-order valence-corrected chi connectivity index (χ1v) is 9.65. The van der Waals surface area contributed by atoms with Crippen molar-refractivity contribution in [3.05, 3.63) is 53.7 Å². The van der Waals surface area contributed by atoms with Crippen LogP contribution >= 0.6 is 0 Å². The molecule has 1 aromatic carbocycles. The van der Waals surface area contributed by atoms with Crippen LogP contribution in [0.5, 0.6) is 0 Å². The van der Waals surface area contributed by atoms with Gasteiger partial charge in [-0.1, -0.05) is 30.3 Å². The number of nitrogens with zero attached hydrogens (tertiary/aromatic N) is 2. The summed E-state index contributed by atoms with van der Waals surface area (Å²) < 4.78 is 5.46. The molecule has 1 fully saturated rings. The van der Waals surface area contributed by atoms with E-state index in [1.165, 1.54) is 0 Å². The van der Waals surface area contributed by atoms with Crippen molar-refractivity contribution in [2.75, 3.05) is 36.5 Å². The molecule has 2 N–H and O–H groups in total. The molecule has 0 spiro atoms. The maximum absolute atomic E-state index is 12.6. The van der Waals surface area contributed by atoms with Crippen LogP contribution in [0.15, 0.2) is 42.6 Å². The number of benzene rings is 1. The van der Waals surface area contributed by atoms with E-state index in [2.05, 4.69) is 15.6 Å². The van der Waals surface area contributed by atoms with E-state index >= 15 is 0 Å². The minimum atomic E-state index is -0.182. The maximum atomic E-state index is 12.6. The zero-order valence-corrected chi connectivity index (χ0v) is 15.7. The molecule has 1 unspecified atom stereocenters. The number of hydrogen-bond donors (Lipinski definition) is 2. The molecule has 0 radical (unpaired) electrons. The van der Waals surface area contributed by atoms with Crippen molar-refractivity contribution in [2.24, 2.45) is 5.92 Å². The van der Waals surface area contributed by atoms with Crippen LogP contribution in [0.25, 0.3) is 0 Å². The van der Waals surface area contributed by atoms with Crippen molar-refractivity contribution < 1.29 is 14.3 Å². The number of fused-ring (bicyclic) bond motifs is 1. The molecular formula is C21H24N4O3. The molecule has 0 bridgehead atoms. The van der Waals surface area contributed by atoms with E-state index in [0.717, 1.165) is 25.0 Å². The molecule has 4 rings (SSSR count). The van der Waals surface area contributed by atoms with E-state index in [1.807, 2.05) is 30.3 Å². The second kappa shape index (κ2) is 8.39. The van der Waals surface area contributed by atoms with E-state index in [-0.39, 0.29) is 18.4 Å². The lowest BCUT2D eigenvalue weighted by Gasteiger charge is -2.30. The Bertz CT molecular complexity index is 850. The summed E-state index contributed by atoms with van der Waals surface area (Å²) in [5.41, 5.74) is 2.11. The topological polar surface area (TPSA) is 83.6 Å². The summed E-state index contributed by atoms with van der Waals surface area (Å²) >= 11 is 0. The highest BCUT2D eigenvalue weighted by atomic mass is 16.5. The number of carbonyl (C=O) groups excluding carboxylic acids is 2. The summed E-state index contributed by atoms with van der Waals surface area (Å²) in [5.74, 6) is 0.738.